The Kier molecular flexibility index (Phi) is 10.8. The first-order valence-electron chi connectivity index (χ1n) is 8.70. The molecular weight excluding hydrogens is 415 g/mol. The Morgan fingerprint density at radius 1 is 1.29 bits per heavy atom. The number of rotatable bonds is 8. The highest BCUT2D eigenvalue weighted by Crippen LogP contribution is 2.14. The van der Waals surface area contributed by atoms with E-state index in [0.717, 1.165) is 37.8 Å². The predicted octanol–water partition coefficient (Wildman–Crippen LogP) is 2.72. The molecule has 0 aromatic heterocycles. The van der Waals surface area contributed by atoms with E-state index in [1.165, 1.54) is 19.4 Å². The summed E-state index contributed by atoms with van der Waals surface area (Å²) in [6.45, 7) is 6.61. The third-order valence-electron chi connectivity index (χ3n) is 4.10. The standard InChI is InChI=1S/C18H30N4O.HI/c1-3-19-18(21-15-16-9-7-13-22(16)2)20-12-8-14-23-17-10-5-4-6-11-17;/h4-6,10-11,16H,3,7-9,12-15H2,1-2H3,(H2,19,20,21);1H. The summed E-state index contributed by atoms with van der Waals surface area (Å²) in [5.41, 5.74) is 0. The van der Waals surface area contributed by atoms with Gasteiger partial charge in [-0.15, -0.1) is 24.0 Å². The molecule has 0 spiro atoms. The highest BCUT2D eigenvalue weighted by molar-refractivity contribution is 14.0. The fourth-order valence-corrected chi connectivity index (χ4v) is 2.73. The van der Waals surface area contributed by atoms with Crippen molar-refractivity contribution >= 4 is 29.9 Å². The second-order valence-corrected chi connectivity index (χ2v) is 5.94. The molecular formula is C18H31IN4O. The van der Waals surface area contributed by atoms with Crippen molar-refractivity contribution in [1.82, 2.24) is 15.5 Å². The summed E-state index contributed by atoms with van der Waals surface area (Å²) < 4.78 is 5.70. The van der Waals surface area contributed by atoms with Crippen LogP contribution in [0.2, 0.25) is 0 Å². The maximum atomic E-state index is 5.70. The van der Waals surface area contributed by atoms with E-state index in [2.05, 4.69) is 29.5 Å². The average Bonchev–Trinajstić information content (AvgIpc) is 2.98. The van der Waals surface area contributed by atoms with E-state index in [1.807, 2.05) is 30.3 Å². The van der Waals surface area contributed by atoms with Gasteiger partial charge in [-0.3, -0.25) is 4.99 Å². The molecule has 0 bridgehead atoms. The molecule has 2 N–H and O–H groups in total. The maximum Gasteiger partial charge on any atom is 0.191 e. The number of halogens is 1. The second kappa shape index (κ2) is 12.4. The van der Waals surface area contributed by atoms with Gasteiger partial charge in [0.1, 0.15) is 5.75 Å². The van der Waals surface area contributed by atoms with Gasteiger partial charge in [0.25, 0.3) is 0 Å². The topological polar surface area (TPSA) is 48.9 Å². The lowest BCUT2D eigenvalue weighted by molar-refractivity contribution is 0.310. The van der Waals surface area contributed by atoms with E-state index in [-0.39, 0.29) is 24.0 Å². The summed E-state index contributed by atoms with van der Waals surface area (Å²) in [6.07, 6.45) is 3.49. The maximum absolute atomic E-state index is 5.70. The number of nitrogens with zero attached hydrogens (tertiary/aromatic N) is 2. The van der Waals surface area contributed by atoms with Gasteiger partial charge in [-0.1, -0.05) is 18.2 Å². The Balaban J connectivity index is 0.00000288. The van der Waals surface area contributed by atoms with E-state index in [1.54, 1.807) is 0 Å². The quantitative estimate of drug-likeness (QED) is 0.279. The largest absolute Gasteiger partial charge is 0.494 e. The van der Waals surface area contributed by atoms with Gasteiger partial charge in [-0.25, -0.2) is 0 Å². The molecule has 1 unspecified atom stereocenters. The zero-order valence-electron chi connectivity index (χ0n) is 14.8. The van der Waals surface area contributed by atoms with Crippen LogP contribution in [0.25, 0.3) is 0 Å². The van der Waals surface area contributed by atoms with Crippen molar-refractivity contribution in [3.63, 3.8) is 0 Å². The molecule has 0 saturated carbocycles. The minimum Gasteiger partial charge on any atom is -0.494 e. The van der Waals surface area contributed by atoms with Crippen molar-refractivity contribution < 1.29 is 4.74 Å². The zero-order chi connectivity index (χ0) is 16.3. The molecule has 1 aliphatic rings. The molecule has 136 valence electrons. The number of hydrogen-bond donors (Lipinski definition) is 2. The van der Waals surface area contributed by atoms with Crippen molar-refractivity contribution in [2.45, 2.75) is 32.2 Å². The van der Waals surface area contributed by atoms with Crippen molar-refractivity contribution in [2.24, 2.45) is 4.99 Å². The third kappa shape index (κ3) is 7.70. The number of ether oxygens (including phenoxy) is 1. The Morgan fingerprint density at radius 3 is 2.75 bits per heavy atom. The fourth-order valence-electron chi connectivity index (χ4n) is 2.73. The Morgan fingerprint density at radius 2 is 2.08 bits per heavy atom. The first-order valence-corrected chi connectivity index (χ1v) is 8.70. The predicted molar refractivity (Wildman–Crippen MR) is 112 cm³/mol. The van der Waals surface area contributed by atoms with Gasteiger partial charge in [0.15, 0.2) is 5.96 Å². The second-order valence-electron chi connectivity index (χ2n) is 5.94. The molecule has 1 aromatic carbocycles. The molecule has 1 heterocycles. The number of para-hydroxylation sites is 1. The monoisotopic (exact) mass is 446 g/mol. The number of nitrogens with one attached hydrogen (secondary N) is 2. The summed E-state index contributed by atoms with van der Waals surface area (Å²) in [5.74, 6) is 1.84. The molecule has 5 nitrogen and oxygen atoms in total. The van der Waals surface area contributed by atoms with E-state index in [4.69, 9.17) is 9.73 Å². The zero-order valence-corrected chi connectivity index (χ0v) is 17.2. The Labute approximate surface area is 163 Å². The van der Waals surface area contributed by atoms with Crippen LogP contribution < -0.4 is 15.4 Å². The van der Waals surface area contributed by atoms with Crippen molar-refractivity contribution in [3.8, 4) is 5.75 Å². The molecule has 1 atom stereocenters. The summed E-state index contributed by atoms with van der Waals surface area (Å²) >= 11 is 0. The van der Waals surface area contributed by atoms with Crippen LogP contribution in [-0.2, 0) is 0 Å². The first kappa shape index (κ1) is 21.0. The summed E-state index contributed by atoms with van der Waals surface area (Å²) in [4.78, 5) is 7.12. The Hall–Kier alpha value is -1.02. The number of likely N-dealkylation sites (tertiary alicyclic amines) is 1. The lowest BCUT2D eigenvalue weighted by atomic mass is 10.2. The minimum absolute atomic E-state index is 0. The van der Waals surface area contributed by atoms with Crippen LogP contribution >= 0.6 is 24.0 Å². The van der Waals surface area contributed by atoms with Crippen LogP contribution in [0.3, 0.4) is 0 Å². The van der Waals surface area contributed by atoms with Crippen LogP contribution in [0.5, 0.6) is 5.75 Å². The minimum atomic E-state index is 0. The number of guanidine groups is 1. The number of hydrogen-bond acceptors (Lipinski definition) is 3. The van der Waals surface area contributed by atoms with Gasteiger partial charge in [0.2, 0.25) is 0 Å². The molecule has 0 aliphatic carbocycles. The fraction of sp³-hybridized carbons (Fsp3) is 0.611. The van der Waals surface area contributed by atoms with E-state index < -0.39 is 0 Å². The molecule has 1 saturated heterocycles. The number of benzene rings is 1. The lowest BCUT2D eigenvalue weighted by Crippen LogP contribution is -2.39. The molecule has 1 aliphatic heterocycles. The first-order chi connectivity index (χ1) is 11.3. The number of likely N-dealkylation sites (N-methyl/N-ethyl adjacent to an activating group) is 1. The summed E-state index contributed by atoms with van der Waals surface area (Å²) in [7, 11) is 2.19. The highest BCUT2D eigenvalue weighted by Gasteiger charge is 2.20. The normalized spacial score (nSPS) is 18.1. The molecule has 24 heavy (non-hydrogen) atoms. The molecule has 6 heteroatoms. The highest BCUT2D eigenvalue weighted by atomic mass is 127. The van der Waals surface area contributed by atoms with Gasteiger partial charge < -0.3 is 20.3 Å². The van der Waals surface area contributed by atoms with Crippen LogP contribution in [0, 0.1) is 0 Å². The van der Waals surface area contributed by atoms with Crippen LogP contribution in [-0.4, -0.2) is 56.7 Å². The van der Waals surface area contributed by atoms with E-state index in [9.17, 15) is 0 Å². The molecule has 1 fully saturated rings. The molecule has 0 radical (unpaired) electrons. The molecule has 0 amide bonds. The van der Waals surface area contributed by atoms with Gasteiger partial charge in [0.05, 0.1) is 13.2 Å². The summed E-state index contributed by atoms with van der Waals surface area (Å²) in [6, 6.07) is 10.5. The average molecular weight is 446 g/mol. The van der Waals surface area contributed by atoms with Gasteiger partial charge in [-0.2, -0.15) is 0 Å². The van der Waals surface area contributed by atoms with Gasteiger partial charge in [-0.05, 0) is 51.9 Å². The van der Waals surface area contributed by atoms with Crippen molar-refractivity contribution in [3.05, 3.63) is 30.3 Å². The van der Waals surface area contributed by atoms with Crippen molar-refractivity contribution in [1.29, 1.82) is 0 Å². The third-order valence-corrected chi connectivity index (χ3v) is 4.10. The lowest BCUT2D eigenvalue weighted by Gasteiger charge is -2.18. The van der Waals surface area contributed by atoms with E-state index in [0.29, 0.717) is 12.6 Å². The smallest absolute Gasteiger partial charge is 0.191 e. The van der Waals surface area contributed by atoms with Crippen LogP contribution in [0.4, 0.5) is 0 Å². The molecule has 2 rings (SSSR count). The van der Waals surface area contributed by atoms with Crippen LogP contribution in [0.1, 0.15) is 26.2 Å². The van der Waals surface area contributed by atoms with Gasteiger partial charge >= 0.3 is 0 Å². The van der Waals surface area contributed by atoms with Crippen LogP contribution in [0.15, 0.2) is 35.3 Å². The SMILES string of the molecule is CCNC(=NCC1CCCN1C)NCCCOc1ccccc1.I. The Bertz CT molecular complexity index is 469. The molecule has 1 aromatic rings. The van der Waals surface area contributed by atoms with E-state index >= 15 is 0 Å². The summed E-state index contributed by atoms with van der Waals surface area (Å²) in [5, 5.41) is 6.70. The van der Waals surface area contributed by atoms with Gasteiger partial charge in [0, 0.05) is 19.1 Å². The number of aliphatic imine (C=N–C) groups is 1. The van der Waals surface area contributed by atoms with Crippen molar-refractivity contribution in [2.75, 3.05) is 39.8 Å².